The molecule has 0 aromatic carbocycles. The summed E-state index contributed by atoms with van der Waals surface area (Å²) in [6.45, 7) is 6.75. The molecule has 2 unspecified atom stereocenters. The molecule has 2 saturated heterocycles. The lowest BCUT2D eigenvalue weighted by molar-refractivity contribution is -0.252. The molecule has 2 aliphatic rings. The number of hydrogen-bond acceptors (Lipinski definition) is 6. The van der Waals surface area contributed by atoms with Gasteiger partial charge in [0.2, 0.25) is 0 Å². The number of carbonyl (C=O) groups is 2. The van der Waals surface area contributed by atoms with E-state index in [2.05, 4.69) is 16.4 Å². The number of ether oxygens (including phenoxy) is 2. The molecule has 2 aliphatic heterocycles. The Labute approximate surface area is 136 Å². The van der Waals surface area contributed by atoms with Crippen molar-refractivity contribution in [1.29, 1.82) is 0 Å². The Morgan fingerprint density at radius 3 is 2.30 bits per heavy atom. The van der Waals surface area contributed by atoms with E-state index in [1.54, 1.807) is 13.0 Å². The monoisotopic (exact) mass is 324 g/mol. The fourth-order valence-corrected chi connectivity index (χ4v) is 2.59. The Balaban J connectivity index is 1.68. The summed E-state index contributed by atoms with van der Waals surface area (Å²) in [6.07, 6.45) is 6.88. The topological polar surface area (TPSA) is 71.1 Å². The molecule has 0 aromatic rings. The maximum absolute atomic E-state index is 11.8. The normalized spacial score (nSPS) is 24.5. The van der Waals surface area contributed by atoms with E-state index < -0.39 is 11.9 Å². The molecular weight excluding hydrogens is 300 g/mol. The largest absolute Gasteiger partial charge is 0.381 e. The highest BCUT2D eigenvalue weighted by atomic mass is 17.2. The molecule has 23 heavy (non-hydrogen) atoms. The van der Waals surface area contributed by atoms with E-state index in [1.165, 1.54) is 0 Å². The van der Waals surface area contributed by atoms with Crippen molar-refractivity contribution in [1.82, 2.24) is 0 Å². The van der Waals surface area contributed by atoms with E-state index in [1.807, 2.05) is 0 Å². The zero-order valence-corrected chi connectivity index (χ0v) is 13.5. The highest BCUT2D eigenvalue weighted by molar-refractivity contribution is 5.90. The molecule has 0 amide bonds. The average molecular weight is 324 g/mol. The molecule has 0 radical (unpaired) electrons. The third-order valence-electron chi connectivity index (χ3n) is 4.01. The van der Waals surface area contributed by atoms with Crippen molar-refractivity contribution in [2.75, 3.05) is 13.2 Å². The third-order valence-corrected chi connectivity index (χ3v) is 4.01. The quantitative estimate of drug-likeness (QED) is 0.425. The van der Waals surface area contributed by atoms with Gasteiger partial charge >= 0.3 is 11.9 Å². The SMILES string of the molecule is C=C(CC1CCCO1)C(=O)OOC(=O)/C(C)=C/CC1CCCO1. The Kier molecular flexibility index (Phi) is 6.80. The zero-order valence-electron chi connectivity index (χ0n) is 13.5. The number of rotatable bonds is 6. The lowest BCUT2D eigenvalue weighted by atomic mass is 10.1. The summed E-state index contributed by atoms with van der Waals surface area (Å²) in [6, 6.07) is 0. The maximum atomic E-state index is 11.8. The molecule has 6 nitrogen and oxygen atoms in total. The summed E-state index contributed by atoms with van der Waals surface area (Å²) in [5.41, 5.74) is 0.628. The van der Waals surface area contributed by atoms with Gasteiger partial charge in [0, 0.05) is 30.8 Å². The van der Waals surface area contributed by atoms with E-state index in [4.69, 9.17) is 9.47 Å². The Bertz CT molecular complexity index is 469. The molecule has 0 aromatic heterocycles. The minimum atomic E-state index is -0.735. The van der Waals surface area contributed by atoms with Crippen LogP contribution in [0.15, 0.2) is 23.8 Å². The molecule has 6 heteroatoms. The van der Waals surface area contributed by atoms with E-state index in [9.17, 15) is 9.59 Å². The van der Waals surface area contributed by atoms with Crippen LogP contribution >= 0.6 is 0 Å². The van der Waals surface area contributed by atoms with Crippen molar-refractivity contribution in [2.24, 2.45) is 0 Å². The molecular formula is C17H24O6. The first kappa shape index (κ1) is 17.7. The summed E-state index contributed by atoms with van der Waals surface area (Å²) in [4.78, 5) is 32.6. The summed E-state index contributed by atoms with van der Waals surface area (Å²) >= 11 is 0. The van der Waals surface area contributed by atoms with Crippen LogP contribution in [-0.2, 0) is 28.8 Å². The van der Waals surface area contributed by atoms with Gasteiger partial charge in [-0.2, -0.15) is 0 Å². The average Bonchev–Trinajstić information content (AvgIpc) is 3.23. The molecule has 2 rings (SSSR count). The Hall–Kier alpha value is -1.66. The van der Waals surface area contributed by atoms with Crippen molar-refractivity contribution in [3.05, 3.63) is 23.8 Å². The van der Waals surface area contributed by atoms with Crippen molar-refractivity contribution < 1.29 is 28.8 Å². The first-order chi connectivity index (χ1) is 11.1. The van der Waals surface area contributed by atoms with Gasteiger partial charge in [-0.25, -0.2) is 19.4 Å². The van der Waals surface area contributed by atoms with Gasteiger partial charge in [0.25, 0.3) is 0 Å². The van der Waals surface area contributed by atoms with E-state index >= 15 is 0 Å². The third kappa shape index (κ3) is 5.80. The van der Waals surface area contributed by atoms with Gasteiger partial charge in [0.1, 0.15) is 0 Å². The van der Waals surface area contributed by atoms with Crippen LogP contribution < -0.4 is 0 Å². The van der Waals surface area contributed by atoms with E-state index in [0.29, 0.717) is 25.0 Å². The number of carbonyl (C=O) groups excluding carboxylic acids is 2. The Morgan fingerprint density at radius 2 is 1.70 bits per heavy atom. The number of hydrogen-bond donors (Lipinski definition) is 0. The lowest BCUT2D eigenvalue weighted by Gasteiger charge is -2.10. The highest BCUT2D eigenvalue weighted by Gasteiger charge is 2.22. The summed E-state index contributed by atoms with van der Waals surface area (Å²) in [7, 11) is 0. The first-order valence-electron chi connectivity index (χ1n) is 8.07. The second kappa shape index (κ2) is 8.84. The van der Waals surface area contributed by atoms with Crippen LogP contribution in [0.1, 0.15) is 45.4 Å². The van der Waals surface area contributed by atoms with Crippen LogP contribution in [0, 0.1) is 0 Å². The molecule has 2 heterocycles. The minimum absolute atomic E-state index is 0.00112. The standard InChI is InChI=1S/C17H24O6/c1-12(7-8-14-5-3-9-20-14)16(18)22-23-17(19)13(2)11-15-6-4-10-21-15/h7,14-15H,2-6,8-11H2,1H3/b12-7+. The molecule has 0 aliphatic carbocycles. The predicted molar refractivity (Wildman–Crippen MR) is 82.3 cm³/mol. The van der Waals surface area contributed by atoms with Gasteiger partial charge in [-0.15, -0.1) is 0 Å². The molecule has 0 spiro atoms. The van der Waals surface area contributed by atoms with Crippen LogP contribution in [0.4, 0.5) is 0 Å². The highest BCUT2D eigenvalue weighted by Crippen LogP contribution is 2.20. The van der Waals surface area contributed by atoms with Crippen molar-refractivity contribution in [3.63, 3.8) is 0 Å². The van der Waals surface area contributed by atoms with Gasteiger partial charge < -0.3 is 9.47 Å². The van der Waals surface area contributed by atoms with Crippen LogP contribution in [0.3, 0.4) is 0 Å². The minimum Gasteiger partial charge on any atom is -0.378 e. The van der Waals surface area contributed by atoms with Gasteiger partial charge in [-0.1, -0.05) is 12.7 Å². The molecule has 2 fully saturated rings. The van der Waals surface area contributed by atoms with Crippen molar-refractivity contribution >= 4 is 11.9 Å². The van der Waals surface area contributed by atoms with Crippen LogP contribution in [0.25, 0.3) is 0 Å². The van der Waals surface area contributed by atoms with Gasteiger partial charge in [-0.3, -0.25) is 0 Å². The van der Waals surface area contributed by atoms with Crippen LogP contribution in [-0.4, -0.2) is 37.4 Å². The molecule has 0 N–H and O–H groups in total. The van der Waals surface area contributed by atoms with Crippen molar-refractivity contribution in [3.8, 4) is 0 Å². The maximum Gasteiger partial charge on any atom is 0.381 e. The summed E-state index contributed by atoms with van der Waals surface area (Å²) in [5.74, 6) is -1.41. The van der Waals surface area contributed by atoms with Gasteiger partial charge in [0.15, 0.2) is 0 Å². The Morgan fingerprint density at radius 1 is 1.09 bits per heavy atom. The van der Waals surface area contributed by atoms with Gasteiger partial charge in [0.05, 0.1) is 12.2 Å². The van der Waals surface area contributed by atoms with Crippen molar-refractivity contribution in [2.45, 2.75) is 57.7 Å². The predicted octanol–water partition coefficient (Wildman–Crippen LogP) is 2.63. The fraction of sp³-hybridized carbons (Fsp3) is 0.647. The molecule has 2 atom stereocenters. The molecule has 128 valence electrons. The van der Waals surface area contributed by atoms with Gasteiger partial charge in [-0.05, 0) is 39.0 Å². The second-order valence-electron chi connectivity index (χ2n) is 5.94. The van der Waals surface area contributed by atoms with Crippen LogP contribution in [0.2, 0.25) is 0 Å². The summed E-state index contributed by atoms with van der Waals surface area (Å²) in [5, 5.41) is 0. The summed E-state index contributed by atoms with van der Waals surface area (Å²) < 4.78 is 10.9. The smallest absolute Gasteiger partial charge is 0.378 e. The molecule has 0 saturated carbocycles. The zero-order chi connectivity index (χ0) is 16.7. The second-order valence-corrected chi connectivity index (χ2v) is 5.94. The molecule has 0 bridgehead atoms. The van der Waals surface area contributed by atoms with E-state index in [-0.39, 0.29) is 17.8 Å². The van der Waals surface area contributed by atoms with Crippen LogP contribution in [0.5, 0.6) is 0 Å². The fourth-order valence-electron chi connectivity index (χ4n) is 2.59. The lowest BCUT2D eigenvalue weighted by Crippen LogP contribution is -2.16. The first-order valence-corrected chi connectivity index (χ1v) is 8.07. The van der Waals surface area contributed by atoms with E-state index in [0.717, 1.165) is 32.3 Å².